The van der Waals surface area contributed by atoms with E-state index in [1.165, 1.54) is 0 Å². The van der Waals surface area contributed by atoms with E-state index in [1.807, 2.05) is 0 Å². The minimum Gasteiger partial charge on any atom is -1.00 e. The molecule has 0 spiro atoms. The monoisotopic (exact) mass is 1270 g/mol. The van der Waals surface area contributed by atoms with Crippen LogP contribution in [0.3, 0.4) is 0 Å². The maximum atomic E-state index is 0. The summed E-state index contributed by atoms with van der Waals surface area (Å²) in [5.41, 5.74) is 0. The van der Waals surface area contributed by atoms with Crippen molar-refractivity contribution in [3.05, 3.63) is 0 Å². The molecule has 67 valence electrons. The largest absolute Gasteiger partial charge is 4.00 e. The molecule has 0 amide bonds. The predicted molar refractivity (Wildman–Crippen MR) is 0 cm³/mol. The van der Waals surface area contributed by atoms with E-state index >= 15 is 0 Å². The van der Waals surface area contributed by atoms with Gasteiger partial charge in [-0.25, -0.2) is 0 Å². The minimum atomic E-state index is 0. The Labute approximate surface area is 202 Å². The smallest absolute Gasteiger partial charge is 1.00 e. The molecule has 0 saturated carbocycles. The Hall–Kier alpha value is 6.41. The molecule has 0 aliphatic heterocycles. The topological polar surface area (TPSA) is 0 Å². The maximum absolute atomic E-state index is 0. The molecule has 0 heterocycles. The van der Waals surface area contributed by atoms with Gasteiger partial charge in [0.2, 0.25) is 0 Å². The van der Waals surface area contributed by atoms with E-state index in [1.54, 1.807) is 0 Å². The van der Waals surface area contributed by atoms with E-state index < -0.39 is 0 Å². The van der Waals surface area contributed by atoms with E-state index in [-0.39, 0.29) is 208 Å². The normalized spacial score (nSPS) is 0. The van der Waals surface area contributed by atoms with Crippen molar-refractivity contribution in [1.29, 1.82) is 0 Å². The molecule has 0 bridgehead atoms. The first kappa shape index (κ1) is 77.9. The summed E-state index contributed by atoms with van der Waals surface area (Å²) in [5, 5.41) is 0. The number of hydrogen-bond donors (Lipinski definition) is 0. The Kier molecular flexibility index (Phi) is 546. The zero-order chi connectivity index (χ0) is 0. The fourth-order valence-corrected chi connectivity index (χ4v) is 0. The minimum absolute atomic E-state index is 0. The Morgan fingerprint density at radius 1 is 0.333 bits per heavy atom. The number of halogens is 7. The van der Waals surface area contributed by atoms with Crippen LogP contribution >= 0.6 is 0 Å². The molecule has 0 saturated heterocycles. The average molecular weight is 1270 g/mol. The standard InChI is InChI=1S/7HI.2Ir/h7*1H;;/q;;;;;;;+3;+4/p-7. The van der Waals surface area contributed by atoms with Gasteiger partial charge in [-0.3, -0.25) is 0 Å². The van der Waals surface area contributed by atoms with Crippen LogP contribution in [-0.2, 0) is 40.2 Å². The Morgan fingerprint density at radius 2 is 0.333 bits per heavy atom. The van der Waals surface area contributed by atoms with Crippen molar-refractivity contribution in [2.24, 2.45) is 0 Å². The van der Waals surface area contributed by atoms with E-state index in [4.69, 9.17) is 0 Å². The molecule has 9 heavy (non-hydrogen) atoms. The molecule has 0 aromatic carbocycles. The third kappa shape index (κ3) is 54.0. The summed E-state index contributed by atoms with van der Waals surface area (Å²) in [6.07, 6.45) is 0. The molecule has 0 unspecified atom stereocenters. The molecule has 0 fully saturated rings. The zero-order valence-corrected chi connectivity index (χ0v) is 23.2. The summed E-state index contributed by atoms with van der Waals surface area (Å²) in [7, 11) is 0. The first-order valence-corrected chi connectivity index (χ1v) is 0. The van der Waals surface area contributed by atoms with E-state index in [0.29, 0.717) is 0 Å². The van der Waals surface area contributed by atoms with Gasteiger partial charge >= 0.3 is 40.2 Å². The van der Waals surface area contributed by atoms with E-state index in [9.17, 15) is 0 Å². The quantitative estimate of drug-likeness (QED) is 0.212. The molecule has 9 heteroatoms. The van der Waals surface area contributed by atoms with Crippen LogP contribution < -0.4 is 168 Å². The Morgan fingerprint density at radius 3 is 0.333 bits per heavy atom. The van der Waals surface area contributed by atoms with Crippen LogP contribution in [0.2, 0.25) is 0 Å². The molecule has 0 aromatic rings. The van der Waals surface area contributed by atoms with Crippen molar-refractivity contribution in [3.8, 4) is 0 Å². The summed E-state index contributed by atoms with van der Waals surface area (Å²) in [4.78, 5) is 0. The molecule has 0 aliphatic rings. The first-order chi connectivity index (χ1) is 0. The number of rotatable bonds is 0. The van der Waals surface area contributed by atoms with Crippen LogP contribution in [0.15, 0.2) is 0 Å². The molecule has 0 aromatic heterocycles. The fraction of sp³-hybridized carbons (Fsp3) is 0. The van der Waals surface area contributed by atoms with Crippen LogP contribution in [0, 0.1) is 0 Å². The van der Waals surface area contributed by atoms with Gasteiger partial charge in [0.05, 0.1) is 0 Å². The first-order valence-electron chi connectivity index (χ1n) is 0. The average Bonchev–Trinajstić information content (AvgIpc) is 0. The molecular weight excluding hydrogens is 1270 g/mol. The molecule has 0 aliphatic carbocycles. The van der Waals surface area contributed by atoms with Gasteiger partial charge in [0.15, 0.2) is 0 Å². The zero-order valence-electron chi connectivity index (χ0n) is 3.31. The summed E-state index contributed by atoms with van der Waals surface area (Å²) in [6, 6.07) is 0. The van der Waals surface area contributed by atoms with Crippen molar-refractivity contribution < 1.29 is 208 Å². The van der Waals surface area contributed by atoms with Gasteiger partial charge in [-0.15, -0.1) is 0 Å². The molecular formula is I7Ir2. The van der Waals surface area contributed by atoms with Gasteiger partial charge in [-0.05, 0) is 0 Å². The van der Waals surface area contributed by atoms with Gasteiger partial charge in [0.25, 0.3) is 0 Å². The van der Waals surface area contributed by atoms with Crippen LogP contribution in [0.25, 0.3) is 0 Å². The summed E-state index contributed by atoms with van der Waals surface area (Å²) < 4.78 is 0. The fourth-order valence-electron chi connectivity index (χ4n) is 0. The second-order valence-electron chi connectivity index (χ2n) is 0. The Balaban J connectivity index is 0. The predicted octanol–water partition coefficient (Wildman–Crippen LogP) is -21.0. The summed E-state index contributed by atoms with van der Waals surface area (Å²) >= 11 is 0. The SMILES string of the molecule is [I-].[I-].[I-].[I-].[I-].[I-].[I-].[Ir+3].[Ir+4]. The van der Waals surface area contributed by atoms with Crippen LogP contribution in [0.1, 0.15) is 0 Å². The third-order valence-electron chi connectivity index (χ3n) is 0. The van der Waals surface area contributed by atoms with Crippen molar-refractivity contribution in [3.63, 3.8) is 0 Å². The second kappa shape index (κ2) is 63.1. The molecule has 1 radical (unpaired) electrons. The van der Waals surface area contributed by atoms with Crippen molar-refractivity contribution >= 4 is 0 Å². The van der Waals surface area contributed by atoms with Crippen LogP contribution in [0.4, 0.5) is 0 Å². The second-order valence-corrected chi connectivity index (χ2v) is 0. The van der Waals surface area contributed by atoms with Crippen molar-refractivity contribution in [2.45, 2.75) is 0 Å². The van der Waals surface area contributed by atoms with E-state index in [2.05, 4.69) is 0 Å². The van der Waals surface area contributed by atoms with Gasteiger partial charge in [-0.2, -0.15) is 0 Å². The van der Waals surface area contributed by atoms with Crippen LogP contribution in [0.5, 0.6) is 0 Å². The maximum Gasteiger partial charge on any atom is 4.00 e. The van der Waals surface area contributed by atoms with Gasteiger partial charge in [-0.1, -0.05) is 0 Å². The van der Waals surface area contributed by atoms with Gasteiger partial charge in [0.1, 0.15) is 0 Å². The van der Waals surface area contributed by atoms with E-state index in [0.717, 1.165) is 0 Å². The van der Waals surface area contributed by atoms with Crippen molar-refractivity contribution in [2.75, 3.05) is 0 Å². The number of hydrogen-bond acceptors (Lipinski definition) is 0. The van der Waals surface area contributed by atoms with Crippen LogP contribution in [-0.4, -0.2) is 0 Å². The van der Waals surface area contributed by atoms with Gasteiger partial charge < -0.3 is 168 Å². The Bertz CT molecular complexity index is 6.88. The molecule has 0 rings (SSSR count). The molecule has 0 nitrogen and oxygen atoms in total. The van der Waals surface area contributed by atoms with Crippen molar-refractivity contribution in [1.82, 2.24) is 0 Å². The summed E-state index contributed by atoms with van der Waals surface area (Å²) in [5.74, 6) is 0. The van der Waals surface area contributed by atoms with Gasteiger partial charge in [0, 0.05) is 0 Å². The third-order valence-corrected chi connectivity index (χ3v) is 0. The molecule has 0 atom stereocenters. The molecule has 0 N–H and O–H groups in total. The summed E-state index contributed by atoms with van der Waals surface area (Å²) in [6.45, 7) is 0.